The largest absolute Gasteiger partial charge is 0.388 e. The van der Waals surface area contributed by atoms with Crippen LogP contribution in [0.15, 0.2) is 0 Å². The van der Waals surface area contributed by atoms with E-state index in [4.69, 9.17) is 0 Å². The van der Waals surface area contributed by atoms with Gasteiger partial charge in [0.15, 0.2) is 0 Å². The first kappa shape index (κ1) is 16.4. The van der Waals surface area contributed by atoms with Crippen LogP contribution in [-0.2, 0) is 4.79 Å². The molecular weight excluding hydrogens is 240 g/mol. The van der Waals surface area contributed by atoms with E-state index in [0.717, 1.165) is 19.5 Å². The highest BCUT2D eigenvalue weighted by atomic mass is 16.3. The van der Waals surface area contributed by atoms with E-state index < -0.39 is 5.60 Å². The van der Waals surface area contributed by atoms with Gasteiger partial charge in [0.25, 0.3) is 0 Å². The number of carbonyl (C=O) groups excluding carboxylic acids is 1. The van der Waals surface area contributed by atoms with Crippen LogP contribution >= 0.6 is 0 Å². The average molecular weight is 270 g/mol. The Morgan fingerprint density at radius 2 is 2.05 bits per heavy atom. The second-order valence-electron chi connectivity index (χ2n) is 6.60. The van der Waals surface area contributed by atoms with Crippen molar-refractivity contribution in [2.75, 3.05) is 19.6 Å². The van der Waals surface area contributed by atoms with E-state index in [1.807, 2.05) is 0 Å². The van der Waals surface area contributed by atoms with E-state index >= 15 is 0 Å². The van der Waals surface area contributed by atoms with Gasteiger partial charge in [-0.25, -0.2) is 0 Å². The second kappa shape index (κ2) is 7.85. The van der Waals surface area contributed by atoms with Gasteiger partial charge in [0.05, 0.1) is 5.60 Å². The molecule has 1 saturated heterocycles. The van der Waals surface area contributed by atoms with E-state index in [1.54, 1.807) is 6.92 Å². The Balaban J connectivity index is 2.16. The van der Waals surface area contributed by atoms with Crippen molar-refractivity contribution in [1.82, 2.24) is 10.6 Å². The van der Waals surface area contributed by atoms with Crippen molar-refractivity contribution < 1.29 is 9.90 Å². The van der Waals surface area contributed by atoms with E-state index in [-0.39, 0.29) is 5.91 Å². The molecule has 1 amide bonds. The predicted octanol–water partition coefficient (Wildman–Crippen LogP) is 1.68. The van der Waals surface area contributed by atoms with Crippen LogP contribution in [0.3, 0.4) is 0 Å². The molecule has 0 spiro atoms. The SMILES string of the molecule is CC(C)CC(C)(O)CNC(=O)CCC1CCNCC1. The number of nitrogens with one attached hydrogen (secondary N) is 2. The van der Waals surface area contributed by atoms with Crippen molar-refractivity contribution in [3.8, 4) is 0 Å². The molecule has 0 aromatic heterocycles. The summed E-state index contributed by atoms with van der Waals surface area (Å²) in [7, 11) is 0. The van der Waals surface area contributed by atoms with Crippen LogP contribution in [0.25, 0.3) is 0 Å². The first-order chi connectivity index (χ1) is 8.89. The lowest BCUT2D eigenvalue weighted by molar-refractivity contribution is -0.122. The molecule has 4 heteroatoms. The molecule has 0 aromatic rings. The minimum Gasteiger partial charge on any atom is -0.388 e. The molecule has 3 N–H and O–H groups in total. The highest BCUT2D eigenvalue weighted by molar-refractivity contribution is 5.75. The van der Waals surface area contributed by atoms with E-state index in [2.05, 4.69) is 24.5 Å². The highest BCUT2D eigenvalue weighted by Crippen LogP contribution is 2.18. The molecule has 1 heterocycles. The number of rotatable bonds is 7. The van der Waals surface area contributed by atoms with Crippen LogP contribution in [0.2, 0.25) is 0 Å². The molecule has 112 valence electrons. The molecule has 1 unspecified atom stereocenters. The van der Waals surface area contributed by atoms with E-state index in [9.17, 15) is 9.90 Å². The van der Waals surface area contributed by atoms with Crippen molar-refractivity contribution in [3.05, 3.63) is 0 Å². The third kappa shape index (κ3) is 7.53. The Bertz CT molecular complexity index is 271. The molecule has 1 rings (SSSR count). The van der Waals surface area contributed by atoms with Gasteiger partial charge in [0.2, 0.25) is 5.91 Å². The van der Waals surface area contributed by atoms with Crippen LogP contribution in [-0.4, -0.2) is 36.2 Å². The molecule has 0 bridgehead atoms. The van der Waals surface area contributed by atoms with Crippen LogP contribution in [0, 0.1) is 11.8 Å². The Morgan fingerprint density at radius 3 is 2.63 bits per heavy atom. The zero-order chi connectivity index (χ0) is 14.3. The van der Waals surface area contributed by atoms with Gasteiger partial charge in [-0.2, -0.15) is 0 Å². The fourth-order valence-corrected chi connectivity index (χ4v) is 2.83. The zero-order valence-corrected chi connectivity index (χ0v) is 12.7. The second-order valence-corrected chi connectivity index (χ2v) is 6.60. The minimum atomic E-state index is -0.793. The fraction of sp³-hybridized carbons (Fsp3) is 0.933. The summed E-state index contributed by atoms with van der Waals surface area (Å²) in [5, 5.41) is 16.3. The molecular formula is C15H30N2O2. The van der Waals surface area contributed by atoms with Crippen molar-refractivity contribution in [3.63, 3.8) is 0 Å². The quantitative estimate of drug-likeness (QED) is 0.659. The first-order valence-corrected chi connectivity index (χ1v) is 7.59. The summed E-state index contributed by atoms with van der Waals surface area (Å²) in [6, 6.07) is 0. The standard InChI is InChI=1S/C15H30N2O2/c1-12(2)10-15(3,19)11-17-14(18)5-4-13-6-8-16-9-7-13/h12-13,16,19H,4-11H2,1-3H3,(H,17,18). The fourth-order valence-electron chi connectivity index (χ4n) is 2.83. The molecule has 0 aliphatic carbocycles. The molecule has 1 aliphatic heterocycles. The zero-order valence-electron chi connectivity index (χ0n) is 12.7. The van der Waals surface area contributed by atoms with Crippen molar-refractivity contribution >= 4 is 5.91 Å². The van der Waals surface area contributed by atoms with Gasteiger partial charge in [-0.1, -0.05) is 13.8 Å². The third-order valence-electron chi connectivity index (χ3n) is 3.75. The highest BCUT2D eigenvalue weighted by Gasteiger charge is 2.22. The number of hydrogen-bond donors (Lipinski definition) is 3. The number of carbonyl (C=O) groups is 1. The maximum atomic E-state index is 11.8. The first-order valence-electron chi connectivity index (χ1n) is 7.59. The van der Waals surface area contributed by atoms with Crippen LogP contribution < -0.4 is 10.6 Å². The van der Waals surface area contributed by atoms with Crippen molar-refractivity contribution in [2.24, 2.45) is 11.8 Å². The molecule has 1 atom stereocenters. The minimum absolute atomic E-state index is 0.0718. The Hall–Kier alpha value is -0.610. The lowest BCUT2D eigenvalue weighted by atomic mass is 9.92. The van der Waals surface area contributed by atoms with E-state index in [1.165, 1.54) is 12.8 Å². The Kier molecular flexibility index (Phi) is 6.80. The smallest absolute Gasteiger partial charge is 0.220 e. The number of amides is 1. The van der Waals surface area contributed by atoms with Crippen LogP contribution in [0.5, 0.6) is 0 Å². The number of aliphatic hydroxyl groups is 1. The maximum absolute atomic E-state index is 11.8. The summed E-state index contributed by atoms with van der Waals surface area (Å²) in [5.41, 5.74) is -0.793. The molecule has 1 fully saturated rings. The normalized spacial score (nSPS) is 20.3. The van der Waals surface area contributed by atoms with Crippen molar-refractivity contribution in [1.29, 1.82) is 0 Å². The van der Waals surface area contributed by atoms with Gasteiger partial charge in [0, 0.05) is 13.0 Å². The van der Waals surface area contributed by atoms with Crippen molar-refractivity contribution in [2.45, 2.75) is 58.5 Å². The Morgan fingerprint density at radius 1 is 1.42 bits per heavy atom. The topological polar surface area (TPSA) is 61.4 Å². The molecule has 0 aromatic carbocycles. The van der Waals surface area contributed by atoms with Gasteiger partial charge >= 0.3 is 0 Å². The summed E-state index contributed by atoms with van der Waals surface area (Å²) in [5.74, 6) is 1.19. The molecule has 4 nitrogen and oxygen atoms in total. The monoisotopic (exact) mass is 270 g/mol. The maximum Gasteiger partial charge on any atom is 0.220 e. The van der Waals surface area contributed by atoms with Gasteiger partial charge in [-0.15, -0.1) is 0 Å². The predicted molar refractivity (Wildman–Crippen MR) is 77.9 cm³/mol. The molecule has 19 heavy (non-hydrogen) atoms. The summed E-state index contributed by atoms with van der Waals surface area (Å²) in [6.07, 6.45) is 4.63. The average Bonchev–Trinajstić information content (AvgIpc) is 2.34. The Labute approximate surface area is 117 Å². The van der Waals surface area contributed by atoms with Gasteiger partial charge in [-0.3, -0.25) is 4.79 Å². The lowest BCUT2D eigenvalue weighted by Gasteiger charge is -2.26. The molecule has 0 radical (unpaired) electrons. The summed E-state index contributed by atoms with van der Waals surface area (Å²) in [6.45, 7) is 8.46. The van der Waals surface area contributed by atoms with Crippen LogP contribution in [0.4, 0.5) is 0 Å². The third-order valence-corrected chi connectivity index (χ3v) is 3.75. The number of piperidine rings is 1. The summed E-state index contributed by atoms with van der Waals surface area (Å²) < 4.78 is 0. The van der Waals surface area contributed by atoms with Crippen LogP contribution in [0.1, 0.15) is 52.9 Å². The molecule has 1 aliphatic rings. The number of hydrogen-bond acceptors (Lipinski definition) is 3. The van der Waals surface area contributed by atoms with Gasteiger partial charge < -0.3 is 15.7 Å². The van der Waals surface area contributed by atoms with E-state index in [0.29, 0.717) is 31.2 Å². The summed E-state index contributed by atoms with van der Waals surface area (Å²) in [4.78, 5) is 11.8. The lowest BCUT2D eigenvalue weighted by Crippen LogP contribution is -2.41. The molecule has 0 saturated carbocycles. The summed E-state index contributed by atoms with van der Waals surface area (Å²) >= 11 is 0. The van der Waals surface area contributed by atoms with Gasteiger partial charge in [0.1, 0.15) is 0 Å². The van der Waals surface area contributed by atoms with Gasteiger partial charge in [-0.05, 0) is 57.5 Å².